The van der Waals surface area contributed by atoms with E-state index in [9.17, 15) is 4.79 Å². The highest BCUT2D eigenvalue weighted by atomic mass is 35.5. The molecule has 90 valence electrons. The lowest BCUT2D eigenvalue weighted by Gasteiger charge is -2.27. The Morgan fingerprint density at radius 2 is 1.93 bits per heavy atom. The van der Waals surface area contributed by atoms with Crippen molar-refractivity contribution in [3.63, 3.8) is 0 Å². The fourth-order valence-electron chi connectivity index (χ4n) is 1.04. The molecule has 3 heteroatoms. The van der Waals surface area contributed by atoms with Crippen LogP contribution < -0.4 is 5.32 Å². The third kappa shape index (κ3) is 7.66. The summed E-state index contributed by atoms with van der Waals surface area (Å²) < 4.78 is 0. The Morgan fingerprint density at radius 1 is 1.33 bits per heavy atom. The van der Waals surface area contributed by atoms with Crippen LogP contribution in [0.5, 0.6) is 0 Å². The van der Waals surface area contributed by atoms with Crippen molar-refractivity contribution in [2.75, 3.05) is 12.4 Å². The number of carbonyl (C=O) groups is 1. The third-order valence-corrected chi connectivity index (χ3v) is 3.14. The monoisotopic (exact) mass is 233 g/mol. The average Bonchev–Trinajstić information content (AvgIpc) is 2.13. The first-order chi connectivity index (χ1) is 6.88. The van der Waals surface area contributed by atoms with Gasteiger partial charge in [0.05, 0.1) is 0 Å². The van der Waals surface area contributed by atoms with Gasteiger partial charge < -0.3 is 5.32 Å². The Morgan fingerprint density at radius 3 is 2.40 bits per heavy atom. The molecule has 0 aromatic rings. The molecule has 0 saturated carbocycles. The predicted octanol–water partition coefficient (Wildman–Crippen LogP) is 3.19. The van der Waals surface area contributed by atoms with Gasteiger partial charge in [0.2, 0.25) is 5.91 Å². The molecule has 0 heterocycles. The maximum absolute atomic E-state index is 11.4. The number of nitrogens with one attached hydrogen (secondary N) is 1. The molecule has 1 amide bonds. The van der Waals surface area contributed by atoms with Gasteiger partial charge in [-0.25, -0.2) is 0 Å². The SMILES string of the molecule is CC(CNC(=O)CCCCCl)C(C)(C)C. The number of rotatable bonds is 6. The van der Waals surface area contributed by atoms with Gasteiger partial charge in [0.25, 0.3) is 0 Å². The molecule has 1 atom stereocenters. The normalized spacial score (nSPS) is 13.7. The zero-order chi connectivity index (χ0) is 11.9. The van der Waals surface area contributed by atoms with Gasteiger partial charge >= 0.3 is 0 Å². The lowest BCUT2D eigenvalue weighted by atomic mass is 9.82. The molecular weight excluding hydrogens is 210 g/mol. The molecule has 1 unspecified atom stereocenters. The number of halogens is 1. The summed E-state index contributed by atoms with van der Waals surface area (Å²) in [7, 11) is 0. The fourth-order valence-corrected chi connectivity index (χ4v) is 1.23. The summed E-state index contributed by atoms with van der Waals surface area (Å²) in [6, 6.07) is 0. The van der Waals surface area contributed by atoms with Crippen molar-refractivity contribution in [1.29, 1.82) is 0 Å². The number of hydrogen-bond donors (Lipinski definition) is 1. The number of alkyl halides is 1. The van der Waals surface area contributed by atoms with Crippen molar-refractivity contribution in [2.45, 2.75) is 47.0 Å². The summed E-state index contributed by atoms with van der Waals surface area (Å²) in [5.41, 5.74) is 0.253. The van der Waals surface area contributed by atoms with Gasteiger partial charge in [0.15, 0.2) is 0 Å². The standard InChI is InChI=1S/C12H24ClNO/c1-10(12(2,3)4)9-14-11(15)7-5-6-8-13/h10H,5-9H2,1-4H3,(H,14,15). The van der Waals surface area contributed by atoms with Crippen molar-refractivity contribution in [3.8, 4) is 0 Å². The molecule has 0 bridgehead atoms. The zero-order valence-corrected chi connectivity index (χ0v) is 11.2. The Bertz CT molecular complexity index is 187. The van der Waals surface area contributed by atoms with E-state index in [4.69, 9.17) is 11.6 Å². The van der Waals surface area contributed by atoms with Crippen molar-refractivity contribution < 1.29 is 4.79 Å². The van der Waals surface area contributed by atoms with Gasteiger partial charge in [-0.3, -0.25) is 4.79 Å². The molecule has 0 aliphatic carbocycles. The lowest BCUT2D eigenvalue weighted by Crippen LogP contribution is -2.33. The van der Waals surface area contributed by atoms with Crippen molar-refractivity contribution in [1.82, 2.24) is 5.32 Å². The van der Waals surface area contributed by atoms with E-state index in [0.29, 0.717) is 18.2 Å². The van der Waals surface area contributed by atoms with Crippen LogP contribution in [0.3, 0.4) is 0 Å². The topological polar surface area (TPSA) is 29.1 Å². The number of amides is 1. The van der Waals surface area contributed by atoms with E-state index in [1.54, 1.807) is 0 Å². The third-order valence-electron chi connectivity index (χ3n) is 2.87. The highest BCUT2D eigenvalue weighted by molar-refractivity contribution is 6.17. The number of unbranched alkanes of at least 4 members (excludes halogenated alkanes) is 1. The van der Waals surface area contributed by atoms with Crippen LogP contribution in [-0.4, -0.2) is 18.3 Å². The summed E-state index contributed by atoms with van der Waals surface area (Å²) in [6.45, 7) is 9.51. The van der Waals surface area contributed by atoms with Crippen molar-refractivity contribution in [2.24, 2.45) is 11.3 Å². The molecule has 0 radical (unpaired) electrons. The maximum Gasteiger partial charge on any atom is 0.220 e. The van der Waals surface area contributed by atoms with E-state index < -0.39 is 0 Å². The second kappa shape index (κ2) is 7.10. The highest BCUT2D eigenvalue weighted by Crippen LogP contribution is 2.24. The van der Waals surface area contributed by atoms with Crippen LogP contribution in [-0.2, 0) is 4.79 Å². The molecule has 0 rings (SSSR count). The van der Waals surface area contributed by atoms with E-state index >= 15 is 0 Å². The first kappa shape index (κ1) is 14.8. The molecule has 0 saturated heterocycles. The Kier molecular flexibility index (Phi) is 6.99. The largest absolute Gasteiger partial charge is 0.356 e. The second-order valence-electron chi connectivity index (χ2n) is 5.22. The fraction of sp³-hybridized carbons (Fsp3) is 0.917. The first-order valence-electron chi connectivity index (χ1n) is 5.70. The minimum Gasteiger partial charge on any atom is -0.356 e. The van der Waals surface area contributed by atoms with Gasteiger partial charge in [-0.2, -0.15) is 0 Å². The van der Waals surface area contributed by atoms with Crippen LogP contribution in [0.1, 0.15) is 47.0 Å². The van der Waals surface area contributed by atoms with Gasteiger partial charge in [-0.05, 0) is 24.2 Å². The molecular formula is C12H24ClNO. The average molecular weight is 234 g/mol. The van der Waals surface area contributed by atoms with Crippen LogP contribution in [0.15, 0.2) is 0 Å². The van der Waals surface area contributed by atoms with E-state index in [2.05, 4.69) is 33.0 Å². The summed E-state index contributed by atoms with van der Waals surface area (Å²) >= 11 is 5.54. The van der Waals surface area contributed by atoms with Crippen LogP contribution in [0.4, 0.5) is 0 Å². The van der Waals surface area contributed by atoms with Gasteiger partial charge in [0, 0.05) is 18.8 Å². The minimum absolute atomic E-state index is 0.149. The maximum atomic E-state index is 11.4. The van der Waals surface area contributed by atoms with Crippen LogP contribution in [0.2, 0.25) is 0 Å². The highest BCUT2D eigenvalue weighted by Gasteiger charge is 2.19. The Hall–Kier alpha value is -0.240. The van der Waals surface area contributed by atoms with E-state index in [0.717, 1.165) is 19.4 Å². The molecule has 15 heavy (non-hydrogen) atoms. The summed E-state index contributed by atoms with van der Waals surface area (Å²) in [4.78, 5) is 11.4. The Balaban J connectivity index is 3.62. The summed E-state index contributed by atoms with van der Waals surface area (Å²) in [5, 5.41) is 2.97. The van der Waals surface area contributed by atoms with Crippen LogP contribution in [0.25, 0.3) is 0 Å². The summed E-state index contributed by atoms with van der Waals surface area (Å²) in [5.74, 6) is 1.29. The molecule has 2 nitrogen and oxygen atoms in total. The molecule has 0 spiro atoms. The van der Waals surface area contributed by atoms with E-state index in [1.165, 1.54) is 0 Å². The predicted molar refractivity (Wildman–Crippen MR) is 66.2 cm³/mol. The van der Waals surface area contributed by atoms with Gasteiger partial charge in [-0.15, -0.1) is 11.6 Å². The van der Waals surface area contributed by atoms with Crippen molar-refractivity contribution >= 4 is 17.5 Å². The van der Waals surface area contributed by atoms with E-state index in [1.807, 2.05) is 0 Å². The zero-order valence-electron chi connectivity index (χ0n) is 10.4. The summed E-state index contributed by atoms with van der Waals surface area (Å²) in [6.07, 6.45) is 2.41. The van der Waals surface area contributed by atoms with Crippen LogP contribution in [0, 0.1) is 11.3 Å². The smallest absolute Gasteiger partial charge is 0.220 e. The van der Waals surface area contributed by atoms with Crippen LogP contribution >= 0.6 is 11.6 Å². The second-order valence-corrected chi connectivity index (χ2v) is 5.60. The first-order valence-corrected chi connectivity index (χ1v) is 6.24. The lowest BCUT2D eigenvalue weighted by molar-refractivity contribution is -0.121. The molecule has 0 aromatic heterocycles. The molecule has 0 aromatic carbocycles. The number of carbonyl (C=O) groups excluding carboxylic acids is 1. The molecule has 0 aliphatic rings. The minimum atomic E-state index is 0.149. The molecule has 1 N–H and O–H groups in total. The Labute approximate surface area is 98.8 Å². The van der Waals surface area contributed by atoms with Gasteiger partial charge in [-0.1, -0.05) is 27.7 Å². The molecule has 0 aliphatic heterocycles. The molecule has 0 fully saturated rings. The van der Waals surface area contributed by atoms with E-state index in [-0.39, 0.29) is 11.3 Å². The van der Waals surface area contributed by atoms with Crippen molar-refractivity contribution in [3.05, 3.63) is 0 Å². The quantitative estimate of drug-likeness (QED) is 0.554. The number of hydrogen-bond acceptors (Lipinski definition) is 1. The van der Waals surface area contributed by atoms with Gasteiger partial charge in [0.1, 0.15) is 0 Å².